The van der Waals surface area contributed by atoms with Gasteiger partial charge in [-0.05, 0) is 24.3 Å². The summed E-state index contributed by atoms with van der Waals surface area (Å²) in [5, 5.41) is 7.96. The molecule has 3 N–H and O–H groups in total. The number of benzene rings is 2. The Morgan fingerprint density at radius 3 is 2.32 bits per heavy atom. The first kappa shape index (κ1) is 19.7. The third-order valence-corrected chi connectivity index (χ3v) is 4.23. The maximum absolute atomic E-state index is 12.6. The average molecular weight is 420 g/mol. The zero-order chi connectivity index (χ0) is 18.6. The summed E-state index contributed by atoms with van der Waals surface area (Å²) in [6.07, 6.45) is -1.18. The van der Waals surface area contributed by atoms with Gasteiger partial charge in [0, 0.05) is 6.72 Å². The number of alkyl halides is 3. The predicted molar refractivity (Wildman–Crippen MR) is 106 cm³/mol. The lowest BCUT2D eigenvalue weighted by molar-refractivity contribution is 0.0936. The van der Waals surface area contributed by atoms with E-state index >= 15 is 0 Å². The second kappa shape index (κ2) is 8.15. The van der Waals surface area contributed by atoms with Crippen LogP contribution in [0.15, 0.2) is 53.6 Å². The lowest BCUT2D eigenvalue weighted by Gasteiger charge is -2.34. The number of amides is 1. The molecular formula is C16H14Cl4N4O. The summed E-state index contributed by atoms with van der Waals surface area (Å²) in [5.74, 6) is -0.537. The number of carbonyl (C=O) groups excluding carboxylic acids is 1. The Labute approximate surface area is 165 Å². The van der Waals surface area contributed by atoms with Crippen molar-refractivity contribution in [2.45, 2.75) is 9.96 Å². The summed E-state index contributed by atoms with van der Waals surface area (Å²) >= 11 is 24.2. The van der Waals surface area contributed by atoms with Gasteiger partial charge in [0.15, 0.2) is 6.17 Å². The molecule has 2 aromatic carbocycles. The number of para-hydroxylation sites is 2. The van der Waals surface area contributed by atoms with Gasteiger partial charge in [-0.3, -0.25) is 4.79 Å². The van der Waals surface area contributed by atoms with Gasteiger partial charge in [-0.2, -0.15) is 5.10 Å². The molecule has 9 heteroatoms. The minimum absolute atomic E-state index is 0.230. The maximum atomic E-state index is 12.6. The van der Waals surface area contributed by atoms with E-state index in [4.69, 9.17) is 52.1 Å². The van der Waals surface area contributed by atoms with E-state index in [1.165, 1.54) is 5.01 Å². The molecule has 0 heterocycles. The lowest BCUT2D eigenvalue weighted by Crippen LogP contribution is -2.54. The topological polar surface area (TPSA) is 70.7 Å². The molecule has 0 fully saturated rings. The van der Waals surface area contributed by atoms with Crippen LogP contribution in [-0.4, -0.2) is 22.6 Å². The molecule has 0 aliphatic heterocycles. The highest BCUT2D eigenvalue weighted by Crippen LogP contribution is 2.36. The van der Waals surface area contributed by atoms with Gasteiger partial charge in [-0.1, -0.05) is 70.7 Å². The zero-order valence-corrected chi connectivity index (χ0v) is 15.8. The first-order valence-corrected chi connectivity index (χ1v) is 8.49. The monoisotopic (exact) mass is 418 g/mol. The number of hydrazone groups is 1. The van der Waals surface area contributed by atoms with Crippen molar-refractivity contribution in [1.82, 2.24) is 5.32 Å². The summed E-state index contributed by atoms with van der Waals surface area (Å²) < 4.78 is -1.93. The molecule has 0 aromatic heterocycles. The van der Waals surface area contributed by atoms with Crippen molar-refractivity contribution in [3.05, 3.63) is 59.1 Å². The van der Waals surface area contributed by atoms with Crippen molar-refractivity contribution < 1.29 is 4.79 Å². The van der Waals surface area contributed by atoms with Crippen LogP contribution in [-0.2, 0) is 0 Å². The maximum Gasteiger partial charge on any atom is 0.254 e. The molecule has 0 bridgehead atoms. The summed E-state index contributed by atoms with van der Waals surface area (Å²) in [4.78, 5) is 12.6. The Bertz CT molecular complexity index is 779. The third kappa shape index (κ3) is 4.70. The first-order valence-electron chi connectivity index (χ1n) is 6.98. The van der Waals surface area contributed by atoms with Crippen LogP contribution in [0.1, 0.15) is 10.4 Å². The fourth-order valence-electron chi connectivity index (χ4n) is 2.12. The number of nitrogens with one attached hydrogen (secondary N) is 1. The fourth-order valence-corrected chi connectivity index (χ4v) is 2.78. The highest BCUT2D eigenvalue weighted by Gasteiger charge is 2.40. The van der Waals surface area contributed by atoms with Crippen LogP contribution >= 0.6 is 46.4 Å². The van der Waals surface area contributed by atoms with E-state index in [1.807, 2.05) is 0 Å². The molecule has 2 aromatic rings. The molecule has 25 heavy (non-hydrogen) atoms. The number of nitrogens with two attached hydrogens (primary N) is 1. The minimum atomic E-state index is -1.93. The number of anilines is 2. The lowest BCUT2D eigenvalue weighted by atomic mass is 10.2. The van der Waals surface area contributed by atoms with E-state index in [0.717, 1.165) is 0 Å². The van der Waals surface area contributed by atoms with E-state index in [9.17, 15) is 4.79 Å². The smallest absolute Gasteiger partial charge is 0.254 e. The highest BCUT2D eigenvalue weighted by atomic mass is 35.6. The van der Waals surface area contributed by atoms with E-state index in [1.54, 1.807) is 48.5 Å². The van der Waals surface area contributed by atoms with Crippen LogP contribution in [0, 0.1) is 0 Å². The number of hydrogen-bond acceptors (Lipinski definition) is 4. The van der Waals surface area contributed by atoms with Crippen LogP contribution < -0.4 is 16.1 Å². The van der Waals surface area contributed by atoms with Gasteiger partial charge < -0.3 is 11.1 Å². The molecule has 0 spiro atoms. The molecule has 0 aliphatic rings. The standard InChI is InChI=1S/C16H14Cl4N4O/c1-22-24(13-9-5-4-8-12(13)21)15(16(18,19)20)23-14(25)10-6-2-3-7-11(10)17/h2-9,15H,1,21H2,(H,23,25). The summed E-state index contributed by atoms with van der Waals surface area (Å²) in [6.45, 7) is 3.48. The number of halogens is 4. The summed E-state index contributed by atoms with van der Waals surface area (Å²) in [6, 6.07) is 13.3. The van der Waals surface area contributed by atoms with Gasteiger partial charge >= 0.3 is 0 Å². The molecule has 0 saturated carbocycles. The average Bonchev–Trinajstić information content (AvgIpc) is 2.55. The van der Waals surface area contributed by atoms with Crippen molar-refractivity contribution in [2.75, 3.05) is 10.7 Å². The van der Waals surface area contributed by atoms with Gasteiger partial charge in [-0.15, -0.1) is 0 Å². The molecule has 5 nitrogen and oxygen atoms in total. The Morgan fingerprint density at radius 2 is 1.76 bits per heavy atom. The summed E-state index contributed by atoms with van der Waals surface area (Å²) in [7, 11) is 0. The summed E-state index contributed by atoms with van der Waals surface area (Å²) in [5.41, 5.74) is 6.98. The van der Waals surface area contributed by atoms with Crippen molar-refractivity contribution >= 4 is 70.4 Å². The second-order valence-electron chi connectivity index (χ2n) is 4.94. The quantitative estimate of drug-likeness (QED) is 0.247. The second-order valence-corrected chi connectivity index (χ2v) is 7.72. The zero-order valence-electron chi connectivity index (χ0n) is 12.8. The highest BCUT2D eigenvalue weighted by molar-refractivity contribution is 6.68. The molecule has 1 atom stereocenters. The molecule has 132 valence electrons. The van der Waals surface area contributed by atoms with Gasteiger partial charge in [-0.25, -0.2) is 5.01 Å². The number of carbonyl (C=O) groups is 1. The van der Waals surface area contributed by atoms with Crippen molar-refractivity contribution in [2.24, 2.45) is 5.10 Å². The Kier molecular flexibility index (Phi) is 6.41. The molecular weight excluding hydrogens is 406 g/mol. The Balaban J connectivity index is 2.39. The van der Waals surface area contributed by atoms with E-state index in [2.05, 4.69) is 17.1 Å². The van der Waals surface area contributed by atoms with Crippen molar-refractivity contribution in [3.63, 3.8) is 0 Å². The van der Waals surface area contributed by atoms with Crippen LogP contribution in [0.25, 0.3) is 0 Å². The van der Waals surface area contributed by atoms with Crippen molar-refractivity contribution in [1.29, 1.82) is 0 Å². The molecule has 1 unspecified atom stereocenters. The number of nitrogen functional groups attached to an aromatic ring is 1. The molecule has 2 rings (SSSR count). The Morgan fingerprint density at radius 1 is 1.16 bits per heavy atom. The fraction of sp³-hybridized carbons (Fsp3) is 0.125. The third-order valence-electron chi connectivity index (χ3n) is 3.28. The van der Waals surface area contributed by atoms with Crippen molar-refractivity contribution in [3.8, 4) is 0 Å². The van der Waals surface area contributed by atoms with E-state index in [0.29, 0.717) is 11.4 Å². The van der Waals surface area contributed by atoms with Gasteiger partial charge in [0.2, 0.25) is 3.79 Å². The van der Waals surface area contributed by atoms with Crippen LogP contribution in [0.4, 0.5) is 11.4 Å². The normalized spacial score (nSPS) is 12.3. The SMILES string of the molecule is C=NN(c1ccccc1N)C(NC(=O)c1ccccc1Cl)C(Cl)(Cl)Cl. The first-order chi connectivity index (χ1) is 11.8. The molecule has 0 aliphatic carbocycles. The molecule has 0 saturated heterocycles. The molecule has 0 radical (unpaired) electrons. The largest absolute Gasteiger partial charge is 0.397 e. The van der Waals surface area contributed by atoms with E-state index < -0.39 is 15.9 Å². The van der Waals surface area contributed by atoms with Gasteiger partial charge in [0.05, 0.1) is 22.0 Å². The number of nitrogens with zero attached hydrogens (tertiary/aromatic N) is 2. The van der Waals surface area contributed by atoms with Crippen LogP contribution in [0.2, 0.25) is 5.02 Å². The minimum Gasteiger partial charge on any atom is -0.397 e. The van der Waals surface area contributed by atoms with E-state index in [-0.39, 0.29) is 10.6 Å². The van der Waals surface area contributed by atoms with Crippen LogP contribution in [0.5, 0.6) is 0 Å². The number of hydrogen-bond donors (Lipinski definition) is 2. The van der Waals surface area contributed by atoms with Gasteiger partial charge in [0.25, 0.3) is 5.91 Å². The van der Waals surface area contributed by atoms with Gasteiger partial charge in [0.1, 0.15) is 0 Å². The number of rotatable bonds is 5. The molecule has 1 amide bonds. The Hall–Kier alpha value is -1.66. The predicted octanol–water partition coefficient (Wildman–Crippen LogP) is 4.47. The van der Waals surface area contributed by atoms with Crippen LogP contribution in [0.3, 0.4) is 0 Å².